The van der Waals surface area contributed by atoms with E-state index in [1.807, 2.05) is 49.4 Å². The van der Waals surface area contributed by atoms with Gasteiger partial charge in [0.2, 0.25) is 17.8 Å². The topological polar surface area (TPSA) is 112 Å². The van der Waals surface area contributed by atoms with Crippen LogP contribution in [-0.4, -0.2) is 61.0 Å². The summed E-state index contributed by atoms with van der Waals surface area (Å²) in [6.07, 6.45) is 0.635. The Balaban J connectivity index is 1.27. The molecule has 2 heterocycles. The molecule has 0 aliphatic carbocycles. The fraction of sp³-hybridized carbons (Fsp3) is 0.267. The van der Waals surface area contributed by atoms with E-state index in [4.69, 9.17) is 18.9 Å². The van der Waals surface area contributed by atoms with Gasteiger partial charge in [-0.1, -0.05) is 41.2 Å². The maximum absolute atomic E-state index is 13.6. The van der Waals surface area contributed by atoms with Crippen molar-refractivity contribution in [2.24, 2.45) is 0 Å². The number of aromatic nitrogens is 2. The van der Waals surface area contributed by atoms with Crippen LogP contribution in [0.4, 0.5) is 5.13 Å². The number of carbonyl (C=O) groups excluding carboxylic acids is 2. The molecule has 1 aliphatic heterocycles. The highest BCUT2D eigenvalue weighted by molar-refractivity contribution is 7.18. The maximum Gasteiger partial charge on any atom is 0.254 e. The first-order chi connectivity index (χ1) is 19.9. The van der Waals surface area contributed by atoms with Gasteiger partial charge in [-0.2, -0.15) is 0 Å². The zero-order chi connectivity index (χ0) is 28.8. The van der Waals surface area contributed by atoms with Crippen molar-refractivity contribution in [3.63, 3.8) is 0 Å². The van der Waals surface area contributed by atoms with E-state index in [1.54, 1.807) is 37.3 Å². The highest BCUT2D eigenvalue weighted by Gasteiger charge is 2.22. The number of aryl methyl sites for hydroxylation is 1. The Kier molecular flexibility index (Phi) is 8.64. The van der Waals surface area contributed by atoms with Crippen LogP contribution in [-0.2, 0) is 11.2 Å². The van der Waals surface area contributed by atoms with Gasteiger partial charge < -0.3 is 29.2 Å². The molecule has 41 heavy (non-hydrogen) atoms. The van der Waals surface area contributed by atoms with Crippen molar-refractivity contribution >= 4 is 28.3 Å². The molecule has 0 saturated heterocycles. The van der Waals surface area contributed by atoms with Gasteiger partial charge in [0.15, 0.2) is 23.0 Å². The van der Waals surface area contributed by atoms with Crippen LogP contribution in [0.25, 0.3) is 10.6 Å². The second-order valence-electron chi connectivity index (χ2n) is 9.38. The largest absolute Gasteiger partial charge is 0.493 e. The lowest BCUT2D eigenvalue weighted by Gasteiger charge is -2.23. The number of anilines is 1. The lowest BCUT2D eigenvalue weighted by molar-refractivity contribution is -0.116. The van der Waals surface area contributed by atoms with Gasteiger partial charge in [0, 0.05) is 30.6 Å². The number of hydrogen-bond acceptors (Lipinski definition) is 9. The highest BCUT2D eigenvalue weighted by Crippen LogP contribution is 2.33. The zero-order valence-electron chi connectivity index (χ0n) is 23.0. The molecule has 0 spiro atoms. The number of rotatable bonds is 11. The van der Waals surface area contributed by atoms with Crippen LogP contribution in [0.1, 0.15) is 27.9 Å². The van der Waals surface area contributed by atoms with Crippen LogP contribution < -0.4 is 24.3 Å². The number of nitrogens with zero attached hydrogens (tertiary/aromatic N) is 3. The van der Waals surface area contributed by atoms with Crippen molar-refractivity contribution in [1.29, 1.82) is 0 Å². The second-order valence-corrected chi connectivity index (χ2v) is 10.4. The zero-order valence-corrected chi connectivity index (χ0v) is 23.8. The van der Waals surface area contributed by atoms with E-state index in [0.29, 0.717) is 46.7 Å². The third-order valence-electron chi connectivity index (χ3n) is 6.57. The Morgan fingerprint density at radius 3 is 2.59 bits per heavy atom. The minimum atomic E-state index is -0.258. The molecule has 5 rings (SSSR count). The average Bonchev–Trinajstić information content (AvgIpc) is 3.66. The predicted octanol–water partition coefficient (Wildman–Crippen LogP) is 4.97. The molecule has 0 bridgehead atoms. The lowest BCUT2D eigenvalue weighted by atomic mass is 10.1. The van der Waals surface area contributed by atoms with Gasteiger partial charge >= 0.3 is 0 Å². The van der Waals surface area contributed by atoms with Crippen molar-refractivity contribution in [2.75, 3.05) is 39.4 Å². The van der Waals surface area contributed by atoms with E-state index < -0.39 is 0 Å². The van der Waals surface area contributed by atoms with Gasteiger partial charge in [-0.3, -0.25) is 9.59 Å². The molecule has 0 saturated carbocycles. The summed E-state index contributed by atoms with van der Waals surface area (Å²) >= 11 is 1.30. The molecule has 2 amide bonds. The molecule has 1 aromatic heterocycles. The number of benzene rings is 3. The van der Waals surface area contributed by atoms with E-state index >= 15 is 0 Å². The second kappa shape index (κ2) is 12.7. The smallest absolute Gasteiger partial charge is 0.254 e. The van der Waals surface area contributed by atoms with Gasteiger partial charge in [-0.05, 0) is 55.3 Å². The Hall–Kier alpha value is -4.64. The fourth-order valence-corrected chi connectivity index (χ4v) is 5.17. The first-order valence-electron chi connectivity index (χ1n) is 13.0. The third-order valence-corrected chi connectivity index (χ3v) is 7.46. The Bertz CT molecular complexity index is 1560. The molecule has 4 aromatic rings. The highest BCUT2D eigenvalue weighted by atomic mass is 32.1. The first-order valence-corrected chi connectivity index (χ1v) is 13.9. The molecule has 0 radical (unpaired) electrons. The van der Waals surface area contributed by atoms with Crippen LogP contribution >= 0.6 is 11.3 Å². The van der Waals surface area contributed by atoms with Gasteiger partial charge in [0.05, 0.1) is 14.2 Å². The molecule has 1 N–H and O–H groups in total. The van der Waals surface area contributed by atoms with Gasteiger partial charge in [-0.25, -0.2) is 0 Å². The summed E-state index contributed by atoms with van der Waals surface area (Å²) < 4.78 is 21.6. The molecule has 1 aliphatic rings. The molecule has 212 valence electrons. The summed E-state index contributed by atoms with van der Waals surface area (Å²) in [6.45, 7) is 2.71. The van der Waals surface area contributed by atoms with E-state index in [2.05, 4.69) is 15.5 Å². The summed E-state index contributed by atoms with van der Waals surface area (Å²) in [5, 5.41) is 12.3. The minimum Gasteiger partial charge on any atom is -0.493 e. The normalized spacial score (nSPS) is 11.7. The number of carbonyl (C=O) groups is 2. The Morgan fingerprint density at radius 2 is 1.78 bits per heavy atom. The van der Waals surface area contributed by atoms with Crippen LogP contribution in [0.5, 0.6) is 23.0 Å². The van der Waals surface area contributed by atoms with Crippen molar-refractivity contribution < 1.29 is 28.5 Å². The van der Waals surface area contributed by atoms with Crippen molar-refractivity contribution in [1.82, 2.24) is 15.1 Å². The molecule has 0 unspecified atom stereocenters. The summed E-state index contributed by atoms with van der Waals surface area (Å²) in [7, 11) is 3.16. The molecule has 11 heteroatoms. The number of amides is 2. The van der Waals surface area contributed by atoms with Crippen LogP contribution in [0.15, 0.2) is 60.7 Å². The van der Waals surface area contributed by atoms with Crippen molar-refractivity contribution in [2.45, 2.75) is 19.8 Å². The molecular formula is C30H30N4O6S. The Morgan fingerprint density at radius 1 is 0.951 bits per heavy atom. The monoisotopic (exact) mass is 574 g/mol. The minimum absolute atomic E-state index is 0.0849. The first kappa shape index (κ1) is 27.9. The van der Waals surface area contributed by atoms with Gasteiger partial charge in [0.1, 0.15) is 5.01 Å². The summed E-state index contributed by atoms with van der Waals surface area (Å²) in [5.74, 6) is 1.89. The molecule has 0 atom stereocenters. The third kappa shape index (κ3) is 6.75. The number of ether oxygens (including phenoxy) is 4. The van der Waals surface area contributed by atoms with E-state index in [-0.39, 0.29) is 31.6 Å². The van der Waals surface area contributed by atoms with Gasteiger partial charge in [-0.15, -0.1) is 10.2 Å². The van der Waals surface area contributed by atoms with Crippen LogP contribution in [0.2, 0.25) is 0 Å². The number of fused-ring (bicyclic) bond motifs is 1. The SMILES string of the molecule is COc1ccc(CCN(CCC(=O)Nc2nnc(-c3cccc(C)c3)s2)C(=O)c2ccc3c(c2)OCO3)cc1OC. The molecular weight excluding hydrogens is 544 g/mol. The standard InChI is InChI=1S/C30H30N4O6S/c1-19-5-4-6-21(15-19)28-32-33-30(41-28)31-27(35)12-14-34(13-11-20-7-9-23(37-2)25(16-20)38-3)29(36)22-8-10-24-26(17-22)40-18-39-24/h4-10,15-17H,11-14,18H2,1-3H3,(H,31,33,35). The van der Waals surface area contributed by atoms with E-state index in [0.717, 1.165) is 21.7 Å². The molecule has 10 nitrogen and oxygen atoms in total. The average molecular weight is 575 g/mol. The van der Waals surface area contributed by atoms with Gasteiger partial charge in [0.25, 0.3) is 5.91 Å². The predicted molar refractivity (Wildman–Crippen MR) is 155 cm³/mol. The molecule has 0 fully saturated rings. The van der Waals surface area contributed by atoms with Crippen LogP contribution in [0.3, 0.4) is 0 Å². The van der Waals surface area contributed by atoms with Crippen molar-refractivity contribution in [3.05, 3.63) is 77.4 Å². The Labute approximate surface area is 241 Å². The number of nitrogens with one attached hydrogen (secondary N) is 1. The summed E-state index contributed by atoms with van der Waals surface area (Å²) in [6, 6.07) is 18.7. The maximum atomic E-state index is 13.6. The van der Waals surface area contributed by atoms with Crippen molar-refractivity contribution in [3.8, 4) is 33.6 Å². The van der Waals surface area contributed by atoms with E-state index in [9.17, 15) is 9.59 Å². The number of hydrogen-bond donors (Lipinski definition) is 1. The molecule has 3 aromatic carbocycles. The van der Waals surface area contributed by atoms with E-state index in [1.165, 1.54) is 11.3 Å². The quantitative estimate of drug-likeness (QED) is 0.267. The summed E-state index contributed by atoms with van der Waals surface area (Å²) in [5.41, 5.74) is 3.48. The lowest BCUT2D eigenvalue weighted by Crippen LogP contribution is -2.35. The fourth-order valence-electron chi connectivity index (χ4n) is 4.41. The van der Waals surface area contributed by atoms with Crippen LogP contribution in [0, 0.1) is 6.92 Å². The number of methoxy groups -OCH3 is 2. The summed E-state index contributed by atoms with van der Waals surface area (Å²) in [4.78, 5) is 28.1.